The van der Waals surface area contributed by atoms with Crippen LogP contribution in [0.1, 0.15) is 83.1 Å². The van der Waals surface area contributed by atoms with E-state index >= 15 is 0 Å². The molecule has 3 fully saturated rings. The Bertz CT molecular complexity index is 1060. The summed E-state index contributed by atoms with van der Waals surface area (Å²) in [6.07, 6.45) is 13.5. The second-order valence-corrected chi connectivity index (χ2v) is 12.0. The Morgan fingerprint density at radius 3 is 2.43 bits per heavy atom. The van der Waals surface area contributed by atoms with Crippen LogP contribution in [0.25, 0.3) is 0 Å². The Hall–Kier alpha value is -2.12. The SMILES string of the molecule is C[C@H]1CCCCN1c1cc(N2CCCCCC2)nc(NC(=S)NCC2(c3cccc(Cl)c3)CCCC2)n1. The zero-order chi connectivity index (χ0) is 25.7. The van der Waals surface area contributed by atoms with Crippen LogP contribution in [0.4, 0.5) is 17.6 Å². The molecule has 0 spiro atoms. The summed E-state index contributed by atoms with van der Waals surface area (Å²) in [5.41, 5.74) is 1.35. The molecule has 8 heteroatoms. The molecular formula is C29H41ClN6S. The number of nitrogens with zero attached hydrogens (tertiary/aromatic N) is 4. The summed E-state index contributed by atoms with van der Waals surface area (Å²) in [6, 6.07) is 11.0. The lowest BCUT2D eigenvalue weighted by atomic mass is 9.79. The van der Waals surface area contributed by atoms with Gasteiger partial charge in [-0.25, -0.2) is 0 Å². The molecule has 1 aromatic carbocycles. The van der Waals surface area contributed by atoms with Crippen LogP contribution in [-0.2, 0) is 5.41 Å². The minimum absolute atomic E-state index is 0.0553. The number of halogens is 1. The van der Waals surface area contributed by atoms with Crippen LogP contribution >= 0.6 is 23.8 Å². The van der Waals surface area contributed by atoms with Crippen LogP contribution in [0.15, 0.2) is 30.3 Å². The monoisotopic (exact) mass is 540 g/mol. The van der Waals surface area contributed by atoms with Gasteiger partial charge in [0, 0.05) is 48.7 Å². The van der Waals surface area contributed by atoms with Crippen LogP contribution in [0, 0.1) is 0 Å². The zero-order valence-corrected chi connectivity index (χ0v) is 23.7. The van der Waals surface area contributed by atoms with Gasteiger partial charge >= 0.3 is 0 Å². The molecule has 5 rings (SSSR count). The number of aromatic nitrogens is 2. The zero-order valence-electron chi connectivity index (χ0n) is 22.1. The standard InChI is InChI=1S/C29H41ClN6S/c1-22-11-4-9-18-36(22)26-20-25(35-16-7-2-3-8-17-35)32-27(33-26)34-28(37)31-21-29(14-5-6-15-29)23-12-10-13-24(30)19-23/h10,12-13,19-20,22H,2-9,11,14-18,21H2,1H3,(H2,31,32,33,34,37)/t22-/m0/s1. The number of hydrogen-bond donors (Lipinski definition) is 2. The van der Waals surface area contributed by atoms with Gasteiger partial charge in [0.25, 0.3) is 0 Å². The lowest BCUT2D eigenvalue weighted by Gasteiger charge is -2.35. The van der Waals surface area contributed by atoms with Crippen LogP contribution in [0.5, 0.6) is 0 Å². The molecule has 1 aliphatic carbocycles. The molecule has 2 aliphatic heterocycles. The molecule has 0 bridgehead atoms. The smallest absolute Gasteiger partial charge is 0.232 e. The first kappa shape index (κ1) is 26.5. The first-order valence-corrected chi connectivity index (χ1v) is 15.0. The maximum Gasteiger partial charge on any atom is 0.232 e. The Balaban J connectivity index is 1.33. The summed E-state index contributed by atoms with van der Waals surface area (Å²) in [5, 5.41) is 8.25. The van der Waals surface area contributed by atoms with Gasteiger partial charge in [-0.1, -0.05) is 49.4 Å². The number of rotatable bonds is 6. The van der Waals surface area contributed by atoms with Crippen molar-refractivity contribution in [3.63, 3.8) is 0 Å². The number of piperidine rings is 1. The summed E-state index contributed by atoms with van der Waals surface area (Å²) in [7, 11) is 0. The van der Waals surface area contributed by atoms with Crippen LogP contribution < -0.4 is 20.4 Å². The molecule has 0 unspecified atom stereocenters. The summed E-state index contributed by atoms with van der Waals surface area (Å²) in [4.78, 5) is 14.8. The quantitative estimate of drug-likeness (QED) is 0.396. The second-order valence-electron chi connectivity index (χ2n) is 11.2. The molecular weight excluding hydrogens is 500 g/mol. The normalized spacial score (nSPS) is 21.9. The highest BCUT2D eigenvalue weighted by Gasteiger charge is 2.36. The van der Waals surface area contributed by atoms with Crippen molar-refractivity contribution < 1.29 is 0 Å². The molecule has 1 atom stereocenters. The van der Waals surface area contributed by atoms with Gasteiger partial charge in [0.2, 0.25) is 5.95 Å². The van der Waals surface area contributed by atoms with Crippen molar-refractivity contribution in [2.24, 2.45) is 0 Å². The molecule has 2 aromatic rings. The van der Waals surface area contributed by atoms with E-state index in [-0.39, 0.29) is 5.41 Å². The number of anilines is 3. The summed E-state index contributed by atoms with van der Waals surface area (Å²) in [6.45, 7) is 6.23. The maximum atomic E-state index is 6.35. The average Bonchev–Trinajstić information content (AvgIpc) is 3.22. The number of thiocarbonyl (C=S) groups is 1. The Morgan fingerprint density at radius 2 is 1.70 bits per heavy atom. The number of hydrogen-bond acceptors (Lipinski definition) is 5. The molecule has 0 radical (unpaired) electrons. The second kappa shape index (κ2) is 12.2. The molecule has 3 aliphatic rings. The van der Waals surface area contributed by atoms with Gasteiger partial charge in [0.15, 0.2) is 5.11 Å². The van der Waals surface area contributed by atoms with Crippen molar-refractivity contribution in [2.75, 3.05) is 41.3 Å². The predicted molar refractivity (Wildman–Crippen MR) is 159 cm³/mol. The maximum absolute atomic E-state index is 6.35. The molecule has 200 valence electrons. The van der Waals surface area contributed by atoms with Crippen molar-refractivity contribution in [1.82, 2.24) is 15.3 Å². The van der Waals surface area contributed by atoms with E-state index < -0.39 is 0 Å². The lowest BCUT2D eigenvalue weighted by Crippen LogP contribution is -2.41. The number of benzene rings is 1. The van der Waals surface area contributed by atoms with Gasteiger partial charge in [-0.15, -0.1) is 0 Å². The summed E-state index contributed by atoms with van der Waals surface area (Å²) in [5.74, 6) is 2.62. The highest BCUT2D eigenvalue weighted by atomic mass is 35.5. The van der Waals surface area contributed by atoms with Gasteiger partial charge in [-0.3, -0.25) is 0 Å². The van der Waals surface area contributed by atoms with Crippen LogP contribution in [0.3, 0.4) is 0 Å². The fourth-order valence-corrected chi connectivity index (χ4v) is 6.71. The minimum Gasteiger partial charge on any atom is -0.361 e. The fraction of sp³-hybridized carbons (Fsp3) is 0.621. The molecule has 1 saturated carbocycles. The number of nitrogens with one attached hydrogen (secondary N) is 2. The first-order chi connectivity index (χ1) is 18.0. The largest absolute Gasteiger partial charge is 0.361 e. The molecule has 0 amide bonds. The van der Waals surface area contributed by atoms with E-state index in [1.807, 2.05) is 6.07 Å². The predicted octanol–water partition coefficient (Wildman–Crippen LogP) is 6.69. The minimum atomic E-state index is 0.0553. The highest BCUT2D eigenvalue weighted by Crippen LogP contribution is 2.41. The fourth-order valence-electron chi connectivity index (χ4n) is 6.36. The molecule has 1 aromatic heterocycles. The lowest BCUT2D eigenvalue weighted by molar-refractivity contribution is 0.435. The van der Waals surface area contributed by atoms with E-state index in [2.05, 4.69) is 51.6 Å². The highest BCUT2D eigenvalue weighted by molar-refractivity contribution is 7.80. The van der Waals surface area contributed by atoms with Gasteiger partial charge in [-0.2, -0.15) is 9.97 Å². The van der Waals surface area contributed by atoms with Gasteiger partial charge < -0.3 is 20.4 Å². The average molecular weight is 541 g/mol. The van der Waals surface area contributed by atoms with E-state index in [1.54, 1.807) is 0 Å². The third-order valence-electron chi connectivity index (χ3n) is 8.54. The van der Waals surface area contributed by atoms with Crippen LogP contribution in [-0.4, -0.2) is 47.3 Å². The third kappa shape index (κ3) is 6.48. The molecule has 6 nitrogen and oxygen atoms in total. The molecule has 3 heterocycles. The molecule has 2 N–H and O–H groups in total. The van der Waals surface area contributed by atoms with Gasteiger partial charge in [0.1, 0.15) is 11.6 Å². The van der Waals surface area contributed by atoms with E-state index in [9.17, 15) is 0 Å². The third-order valence-corrected chi connectivity index (χ3v) is 9.02. The van der Waals surface area contributed by atoms with Crippen molar-refractivity contribution in [3.8, 4) is 0 Å². The van der Waals surface area contributed by atoms with E-state index in [4.69, 9.17) is 33.8 Å². The summed E-state index contributed by atoms with van der Waals surface area (Å²) >= 11 is 12.1. The van der Waals surface area contributed by atoms with Gasteiger partial charge in [-0.05, 0) is 81.8 Å². The van der Waals surface area contributed by atoms with E-state index in [1.165, 1.54) is 63.4 Å². The summed E-state index contributed by atoms with van der Waals surface area (Å²) < 4.78 is 0. The topological polar surface area (TPSA) is 56.3 Å². The van der Waals surface area contributed by atoms with Crippen molar-refractivity contribution in [2.45, 2.75) is 89.0 Å². The van der Waals surface area contributed by atoms with Gasteiger partial charge in [0.05, 0.1) is 0 Å². The Morgan fingerprint density at radius 1 is 0.973 bits per heavy atom. The Kier molecular flexibility index (Phi) is 8.71. The molecule has 2 saturated heterocycles. The van der Waals surface area contributed by atoms with Crippen molar-refractivity contribution in [3.05, 3.63) is 40.9 Å². The van der Waals surface area contributed by atoms with Crippen molar-refractivity contribution >= 4 is 46.5 Å². The van der Waals surface area contributed by atoms with E-state index in [0.717, 1.165) is 55.7 Å². The van der Waals surface area contributed by atoms with Crippen LogP contribution in [0.2, 0.25) is 5.02 Å². The Labute approximate surface area is 232 Å². The molecule has 37 heavy (non-hydrogen) atoms. The first-order valence-electron chi connectivity index (χ1n) is 14.2. The van der Waals surface area contributed by atoms with Crippen molar-refractivity contribution in [1.29, 1.82) is 0 Å². The van der Waals surface area contributed by atoms with E-state index in [0.29, 0.717) is 17.1 Å².